The fourth-order valence-corrected chi connectivity index (χ4v) is 3.57. The number of fused-ring (bicyclic) bond motifs is 1. The van der Waals surface area contributed by atoms with Crippen LogP contribution in [0.15, 0.2) is 60.9 Å². The van der Waals surface area contributed by atoms with Crippen LogP contribution >= 0.6 is 0 Å². The second-order valence-electron chi connectivity index (χ2n) is 7.07. The molecular formula is C22H24N4O. The lowest BCUT2D eigenvalue weighted by atomic mass is 9.99. The normalized spacial score (nSPS) is 13.3. The number of carbonyl (C=O) groups excluding carboxylic acids is 1. The van der Waals surface area contributed by atoms with Gasteiger partial charge in [-0.1, -0.05) is 30.3 Å². The molecular weight excluding hydrogens is 336 g/mol. The van der Waals surface area contributed by atoms with E-state index in [2.05, 4.69) is 40.6 Å². The predicted molar refractivity (Wildman–Crippen MR) is 107 cm³/mol. The molecule has 0 atom stereocenters. The fraction of sp³-hybridized carbons (Fsp3) is 0.273. The van der Waals surface area contributed by atoms with Crippen molar-refractivity contribution in [2.75, 3.05) is 18.5 Å². The van der Waals surface area contributed by atoms with E-state index in [0.29, 0.717) is 13.0 Å². The molecule has 1 aliphatic rings. The lowest BCUT2D eigenvalue weighted by Crippen LogP contribution is -2.26. The molecule has 5 heteroatoms. The van der Waals surface area contributed by atoms with Gasteiger partial charge >= 0.3 is 0 Å². The zero-order valence-corrected chi connectivity index (χ0v) is 15.6. The molecule has 2 aromatic carbocycles. The molecule has 0 aliphatic carbocycles. The van der Waals surface area contributed by atoms with E-state index in [1.54, 1.807) is 10.9 Å². The number of carbonyl (C=O) groups is 1. The maximum Gasteiger partial charge on any atom is 0.224 e. The minimum absolute atomic E-state index is 0.0115. The highest BCUT2D eigenvalue weighted by atomic mass is 16.1. The molecule has 3 aromatic rings. The third-order valence-electron chi connectivity index (χ3n) is 5.01. The second kappa shape index (κ2) is 7.66. The first-order chi connectivity index (χ1) is 13.2. The third-order valence-corrected chi connectivity index (χ3v) is 5.01. The van der Waals surface area contributed by atoms with E-state index in [-0.39, 0.29) is 5.91 Å². The zero-order chi connectivity index (χ0) is 18.6. The Morgan fingerprint density at radius 1 is 1.15 bits per heavy atom. The molecule has 1 aromatic heterocycles. The number of aromatic nitrogens is 2. The highest BCUT2D eigenvalue weighted by molar-refractivity contribution is 5.78. The maximum absolute atomic E-state index is 12.3. The first-order valence-electron chi connectivity index (χ1n) is 9.38. The van der Waals surface area contributed by atoms with Crippen molar-refractivity contribution in [3.05, 3.63) is 77.6 Å². The van der Waals surface area contributed by atoms with Crippen LogP contribution in [0.5, 0.6) is 0 Å². The summed E-state index contributed by atoms with van der Waals surface area (Å²) < 4.78 is 1.79. The summed E-state index contributed by atoms with van der Waals surface area (Å²) in [6.45, 7) is 1.67. The van der Waals surface area contributed by atoms with Crippen molar-refractivity contribution in [2.45, 2.75) is 25.8 Å². The second-order valence-corrected chi connectivity index (χ2v) is 7.07. The molecule has 0 saturated heterocycles. The number of hydrogen-bond donors (Lipinski definition) is 1. The van der Waals surface area contributed by atoms with Crippen LogP contribution in [0, 0.1) is 0 Å². The number of rotatable bonds is 5. The average molecular weight is 360 g/mol. The molecule has 0 spiro atoms. The summed E-state index contributed by atoms with van der Waals surface area (Å²) in [5.41, 5.74) is 5.73. The molecule has 2 heterocycles. The number of benzene rings is 2. The predicted octanol–water partition coefficient (Wildman–Crippen LogP) is 3.11. The van der Waals surface area contributed by atoms with Crippen LogP contribution in [0.3, 0.4) is 0 Å². The van der Waals surface area contributed by atoms with E-state index in [0.717, 1.165) is 29.8 Å². The molecule has 138 valence electrons. The number of para-hydroxylation sites is 1. The van der Waals surface area contributed by atoms with Gasteiger partial charge in [0.1, 0.15) is 0 Å². The van der Waals surface area contributed by atoms with Crippen LogP contribution in [-0.2, 0) is 24.2 Å². The van der Waals surface area contributed by atoms with Crippen molar-refractivity contribution < 1.29 is 4.79 Å². The molecule has 5 nitrogen and oxygen atoms in total. The smallest absolute Gasteiger partial charge is 0.224 e. The molecule has 4 rings (SSSR count). The van der Waals surface area contributed by atoms with Crippen molar-refractivity contribution >= 4 is 11.6 Å². The summed E-state index contributed by atoms with van der Waals surface area (Å²) in [5, 5.41) is 7.37. The van der Waals surface area contributed by atoms with Crippen molar-refractivity contribution in [1.29, 1.82) is 0 Å². The SMILES string of the molecule is CN1CCCc2cc(CNC(=O)Cc3cnn(-c4ccccc4)c3)ccc21. The summed E-state index contributed by atoms with van der Waals surface area (Å²) in [6, 6.07) is 16.4. The van der Waals surface area contributed by atoms with Gasteiger partial charge in [0.25, 0.3) is 0 Å². The molecule has 0 saturated carbocycles. The lowest BCUT2D eigenvalue weighted by molar-refractivity contribution is -0.120. The van der Waals surface area contributed by atoms with Gasteiger partial charge in [-0.2, -0.15) is 5.10 Å². The number of anilines is 1. The summed E-state index contributed by atoms with van der Waals surface area (Å²) in [7, 11) is 2.13. The Bertz CT molecular complexity index is 932. The summed E-state index contributed by atoms with van der Waals surface area (Å²) in [4.78, 5) is 14.6. The first kappa shape index (κ1) is 17.3. The minimum atomic E-state index is 0.0115. The van der Waals surface area contributed by atoms with E-state index in [4.69, 9.17) is 0 Å². The fourth-order valence-electron chi connectivity index (χ4n) is 3.57. The van der Waals surface area contributed by atoms with Gasteiger partial charge in [-0.05, 0) is 47.7 Å². The Balaban J connectivity index is 1.34. The number of hydrogen-bond acceptors (Lipinski definition) is 3. The number of aryl methyl sites for hydroxylation is 1. The van der Waals surface area contributed by atoms with Crippen molar-refractivity contribution in [3.8, 4) is 5.69 Å². The van der Waals surface area contributed by atoms with E-state index in [9.17, 15) is 4.79 Å². The van der Waals surface area contributed by atoms with Crippen LogP contribution in [0.2, 0.25) is 0 Å². The van der Waals surface area contributed by atoms with Gasteiger partial charge in [-0.3, -0.25) is 4.79 Å². The largest absolute Gasteiger partial charge is 0.374 e. The number of nitrogens with zero attached hydrogens (tertiary/aromatic N) is 3. The number of nitrogens with one attached hydrogen (secondary N) is 1. The van der Waals surface area contributed by atoms with Gasteiger partial charge in [-0.25, -0.2) is 4.68 Å². The first-order valence-corrected chi connectivity index (χ1v) is 9.38. The Morgan fingerprint density at radius 3 is 2.85 bits per heavy atom. The number of amides is 1. The van der Waals surface area contributed by atoms with Crippen LogP contribution in [0.25, 0.3) is 5.69 Å². The molecule has 1 aliphatic heterocycles. The van der Waals surface area contributed by atoms with Gasteiger partial charge < -0.3 is 10.2 Å². The molecule has 0 bridgehead atoms. The lowest BCUT2D eigenvalue weighted by Gasteiger charge is -2.27. The van der Waals surface area contributed by atoms with E-state index >= 15 is 0 Å². The van der Waals surface area contributed by atoms with Gasteiger partial charge in [0.15, 0.2) is 0 Å². The standard InChI is InChI=1S/C22H24N4O/c1-25-11-5-6-19-12-17(9-10-21(19)25)14-23-22(27)13-18-15-24-26(16-18)20-7-3-2-4-8-20/h2-4,7-10,12,15-16H,5-6,11,13-14H2,1H3,(H,23,27). The highest BCUT2D eigenvalue weighted by Gasteiger charge is 2.14. The quantitative estimate of drug-likeness (QED) is 0.761. The maximum atomic E-state index is 12.3. The molecule has 0 radical (unpaired) electrons. The van der Waals surface area contributed by atoms with Crippen molar-refractivity contribution in [3.63, 3.8) is 0 Å². The van der Waals surface area contributed by atoms with Crippen LogP contribution in [-0.4, -0.2) is 29.3 Å². The highest BCUT2D eigenvalue weighted by Crippen LogP contribution is 2.26. The Labute approximate surface area is 159 Å². The van der Waals surface area contributed by atoms with E-state index < -0.39 is 0 Å². The van der Waals surface area contributed by atoms with Crippen LogP contribution in [0.1, 0.15) is 23.1 Å². The Kier molecular flexibility index (Phi) is 4.92. The minimum Gasteiger partial charge on any atom is -0.374 e. The van der Waals surface area contributed by atoms with Crippen molar-refractivity contribution in [2.24, 2.45) is 0 Å². The molecule has 27 heavy (non-hydrogen) atoms. The molecule has 0 unspecified atom stereocenters. The monoisotopic (exact) mass is 360 g/mol. The van der Waals surface area contributed by atoms with E-state index in [1.807, 2.05) is 36.5 Å². The molecule has 0 fully saturated rings. The van der Waals surface area contributed by atoms with Gasteiger partial charge in [0, 0.05) is 32.0 Å². The Morgan fingerprint density at radius 2 is 2.00 bits per heavy atom. The Hall–Kier alpha value is -3.08. The zero-order valence-electron chi connectivity index (χ0n) is 15.6. The van der Waals surface area contributed by atoms with Gasteiger partial charge in [-0.15, -0.1) is 0 Å². The van der Waals surface area contributed by atoms with Crippen LogP contribution < -0.4 is 10.2 Å². The molecule has 1 amide bonds. The third kappa shape index (κ3) is 4.03. The molecule has 1 N–H and O–H groups in total. The van der Waals surface area contributed by atoms with Crippen molar-refractivity contribution in [1.82, 2.24) is 15.1 Å². The summed E-state index contributed by atoms with van der Waals surface area (Å²) in [5.74, 6) is 0.0115. The summed E-state index contributed by atoms with van der Waals surface area (Å²) >= 11 is 0. The van der Waals surface area contributed by atoms with E-state index in [1.165, 1.54) is 17.7 Å². The van der Waals surface area contributed by atoms with Gasteiger partial charge in [0.05, 0.1) is 18.3 Å². The summed E-state index contributed by atoms with van der Waals surface area (Å²) in [6.07, 6.45) is 6.29. The van der Waals surface area contributed by atoms with Crippen LogP contribution in [0.4, 0.5) is 5.69 Å². The topological polar surface area (TPSA) is 50.2 Å². The van der Waals surface area contributed by atoms with Gasteiger partial charge in [0.2, 0.25) is 5.91 Å². The average Bonchev–Trinajstić information content (AvgIpc) is 3.16.